The highest BCUT2D eigenvalue weighted by atomic mass is 32.1. The zero-order valence-corrected chi connectivity index (χ0v) is 12.4. The lowest BCUT2D eigenvalue weighted by Gasteiger charge is -2.19. The monoisotopic (exact) mass is 293 g/mol. The molecule has 0 spiro atoms. The van der Waals surface area contributed by atoms with Gasteiger partial charge in [-0.1, -0.05) is 0 Å². The Morgan fingerprint density at radius 3 is 2.85 bits per heavy atom. The summed E-state index contributed by atoms with van der Waals surface area (Å²) in [4.78, 5) is 12.1. The molecule has 0 saturated carbocycles. The average Bonchev–Trinajstić information content (AvgIpc) is 3.10. The standard InChI is InChI=1S/C15H19NO3S/c1-10(8-13(17)14-4-3-6-19-14)16-15(18)11(2)12-5-7-20-9-12/h3-7,9-11,13,17H,8H2,1-2H3,(H,16,18). The number of aliphatic hydroxyl groups is 1. The smallest absolute Gasteiger partial charge is 0.227 e. The Balaban J connectivity index is 1.85. The highest BCUT2D eigenvalue weighted by molar-refractivity contribution is 7.08. The maximum Gasteiger partial charge on any atom is 0.227 e. The molecule has 0 bridgehead atoms. The number of furan rings is 1. The van der Waals surface area contributed by atoms with Gasteiger partial charge < -0.3 is 14.8 Å². The van der Waals surface area contributed by atoms with Crippen LogP contribution in [0.4, 0.5) is 0 Å². The van der Waals surface area contributed by atoms with Crippen LogP contribution in [0.15, 0.2) is 39.6 Å². The molecule has 0 fully saturated rings. The first-order chi connectivity index (χ1) is 9.58. The SMILES string of the molecule is CC(CC(O)c1ccco1)NC(=O)C(C)c1ccsc1. The Hall–Kier alpha value is -1.59. The van der Waals surface area contributed by atoms with Crippen molar-refractivity contribution in [2.24, 2.45) is 0 Å². The Morgan fingerprint density at radius 1 is 1.45 bits per heavy atom. The number of hydrogen-bond acceptors (Lipinski definition) is 4. The summed E-state index contributed by atoms with van der Waals surface area (Å²) in [5.74, 6) is 0.323. The molecule has 4 nitrogen and oxygen atoms in total. The number of hydrogen-bond donors (Lipinski definition) is 2. The lowest BCUT2D eigenvalue weighted by Crippen LogP contribution is -2.36. The van der Waals surface area contributed by atoms with Crippen LogP contribution in [0.3, 0.4) is 0 Å². The van der Waals surface area contributed by atoms with E-state index in [0.29, 0.717) is 12.2 Å². The number of nitrogens with one attached hydrogen (secondary N) is 1. The molecule has 0 radical (unpaired) electrons. The molecule has 2 N–H and O–H groups in total. The van der Waals surface area contributed by atoms with Gasteiger partial charge in [0.15, 0.2) is 0 Å². The highest BCUT2D eigenvalue weighted by Gasteiger charge is 2.20. The fraction of sp³-hybridized carbons (Fsp3) is 0.400. The van der Waals surface area contributed by atoms with E-state index in [1.165, 1.54) is 6.26 Å². The topological polar surface area (TPSA) is 62.5 Å². The van der Waals surface area contributed by atoms with E-state index in [9.17, 15) is 9.90 Å². The minimum atomic E-state index is -0.697. The van der Waals surface area contributed by atoms with Crippen LogP contribution < -0.4 is 5.32 Å². The molecule has 0 saturated heterocycles. The lowest BCUT2D eigenvalue weighted by molar-refractivity contribution is -0.123. The minimum Gasteiger partial charge on any atom is -0.467 e. The van der Waals surface area contributed by atoms with Crippen molar-refractivity contribution in [3.8, 4) is 0 Å². The molecular weight excluding hydrogens is 274 g/mol. The van der Waals surface area contributed by atoms with E-state index in [4.69, 9.17) is 4.42 Å². The molecule has 0 aliphatic rings. The van der Waals surface area contributed by atoms with Crippen LogP contribution in [0.2, 0.25) is 0 Å². The van der Waals surface area contributed by atoms with Crippen LogP contribution in [-0.4, -0.2) is 17.1 Å². The van der Waals surface area contributed by atoms with Crippen molar-refractivity contribution in [3.05, 3.63) is 46.5 Å². The Kier molecular flexibility index (Phi) is 4.98. The van der Waals surface area contributed by atoms with E-state index in [1.807, 2.05) is 30.7 Å². The Labute approximate surface area is 122 Å². The van der Waals surface area contributed by atoms with Crippen molar-refractivity contribution in [2.45, 2.75) is 38.3 Å². The molecule has 5 heteroatoms. The third-order valence-electron chi connectivity index (χ3n) is 3.27. The number of carbonyl (C=O) groups excluding carboxylic acids is 1. The summed E-state index contributed by atoms with van der Waals surface area (Å²) in [5, 5.41) is 16.8. The molecule has 2 rings (SSSR count). The van der Waals surface area contributed by atoms with E-state index >= 15 is 0 Å². The number of carbonyl (C=O) groups is 1. The van der Waals surface area contributed by atoms with E-state index in [2.05, 4.69) is 5.32 Å². The third kappa shape index (κ3) is 3.71. The zero-order valence-electron chi connectivity index (χ0n) is 11.6. The van der Waals surface area contributed by atoms with Crippen LogP contribution in [0.25, 0.3) is 0 Å². The third-order valence-corrected chi connectivity index (χ3v) is 3.98. The maximum absolute atomic E-state index is 12.1. The predicted octanol–water partition coefficient (Wildman–Crippen LogP) is 3.07. The number of amides is 1. The summed E-state index contributed by atoms with van der Waals surface area (Å²) >= 11 is 1.58. The molecule has 2 aromatic rings. The molecule has 2 heterocycles. The zero-order chi connectivity index (χ0) is 14.5. The Bertz CT molecular complexity index is 521. The van der Waals surface area contributed by atoms with Crippen LogP contribution in [0.5, 0.6) is 0 Å². The number of aliphatic hydroxyl groups excluding tert-OH is 1. The summed E-state index contributed by atoms with van der Waals surface area (Å²) in [6, 6.07) is 5.30. The van der Waals surface area contributed by atoms with Gasteiger partial charge in [0.05, 0.1) is 12.2 Å². The van der Waals surface area contributed by atoms with Crippen LogP contribution in [-0.2, 0) is 4.79 Å². The fourth-order valence-electron chi connectivity index (χ4n) is 2.03. The van der Waals surface area contributed by atoms with E-state index < -0.39 is 6.10 Å². The summed E-state index contributed by atoms with van der Waals surface area (Å²) in [7, 11) is 0. The Morgan fingerprint density at radius 2 is 2.25 bits per heavy atom. The van der Waals surface area contributed by atoms with E-state index in [1.54, 1.807) is 23.5 Å². The molecule has 0 aliphatic heterocycles. The molecule has 3 atom stereocenters. The molecule has 3 unspecified atom stereocenters. The summed E-state index contributed by atoms with van der Waals surface area (Å²) in [5.41, 5.74) is 1.02. The highest BCUT2D eigenvalue weighted by Crippen LogP contribution is 2.21. The predicted molar refractivity (Wildman–Crippen MR) is 78.6 cm³/mol. The summed E-state index contributed by atoms with van der Waals surface area (Å²) < 4.78 is 5.15. The van der Waals surface area contributed by atoms with E-state index in [-0.39, 0.29) is 17.9 Å². The first-order valence-electron chi connectivity index (χ1n) is 6.62. The van der Waals surface area contributed by atoms with Crippen molar-refractivity contribution >= 4 is 17.2 Å². The molecule has 0 aromatic carbocycles. The summed E-state index contributed by atoms with van der Waals surface area (Å²) in [6.45, 7) is 3.76. The van der Waals surface area contributed by atoms with Gasteiger partial charge >= 0.3 is 0 Å². The fourth-order valence-corrected chi connectivity index (χ4v) is 2.79. The van der Waals surface area contributed by atoms with Crippen molar-refractivity contribution in [2.75, 3.05) is 0 Å². The van der Waals surface area contributed by atoms with Crippen LogP contribution in [0, 0.1) is 0 Å². The molecule has 2 aromatic heterocycles. The van der Waals surface area contributed by atoms with Gasteiger partial charge in [-0.2, -0.15) is 11.3 Å². The van der Waals surface area contributed by atoms with E-state index in [0.717, 1.165) is 5.56 Å². The normalized spacial score (nSPS) is 15.6. The number of thiophene rings is 1. The van der Waals surface area contributed by atoms with Gasteiger partial charge in [0.2, 0.25) is 5.91 Å². The van der Waals surface area contributed by atoms with Crippen LogP contribution >= 0.6 is 11.3 Å². The van der Waals surface area contributed by atoms with Crippen molar-refractivity contribution in [1.82, 2.24) is 5.32 Å². The first kappa shape index (κ1) is 14.8. The van der Waals surface area contributed by atoms with Crippen LogP contribution in [0.1, 0.15) is 43.6 Å². The van der Waals surface area contributed by atoms with Gasteiger partial charge in [0.25, 0.3) is 0 Å². The van der Waals surface area contributed by atoms with Gasteiger partial charge in [-0.3, -0.25) is 4.79 Å². The van der Waals surface area contributed by atoms with Gasteiger partial charge in [-0.05, 0) is 48.4 Å². The average molecular weight is 293 g/mol. The molecule has 1 amide bonds. The van der Waals surface area contributed by atoms with Crippen molar-refractivity contribution in [1.29, 1.82) is 0 Å². The molecule has 0 aliphatic carbocycles. The summed E-state index contributed by atoms with van der Waals surface area (Å²) in [6.07, 6.45) is 1.26. The van der Waals surface area contributed by atoms with Gasteiger partial charge in [-0.15, -0.1) is 0 Å². The second-order valence-electron chi connectivity index (χ2n) is 4.95. The van der Waals surface area contributed by atoms with Crippen molar-refractivity contribution in [3.63, 3.8) is 0 Å². The van der Waals surface area contributed by atoms with Gasteiger partial charge in [0, 0.05) is 12.5 Å². The second-order valence-corrected chi connectivity index (χ2v) is 5.73. The van der Waals surface area contributed by atoms with Crippen molar-refractivity contribution < 1.29 is 14.3 Å². The molecule has 108 valence electrons. The molecule has 20 heavy (non-hydrogen) atoms. The first-order valence-corrected chi connectivity index (χ1v) is 7.56. The second kappa shape index (κ2) is 6.72. The van der Waals surface area contributed by atoms with Gasteiger partial charge in [-0.25, -0.2) is 0 Å². The molecular formula is C15H19NO3S. The minimum absolute atomic E-state index is 0.0254. The van der Waals surface area contributed by atoms with Gasteiger partial charge in [0.1, 0.15) is 11.9 Å². The quantitative estimate of drug-likeness (QED) is 0.860. The largest absolute Gasteiger partial charge is 0.467 e. The number of rotatable bonds is 6. The lowest BCUT2D eigenvalue weighted by atomic mass is 10.0. The maximum atomic E-state index is 12.1.